The Labute approximate surface area is 120 Å². The topological polar surface area (TPSA) is 81.9 Å². The van der Waals surface area contributed by atoms with Crippen molar-refractivity contribution in [3.63, 3.8) is 0 Å². The molecule has 1 heterocycles. The van der Waals surface area contributed by atoms with Gasteiger partial charge in [0.2, 0.25) is 0 Å². The van der Waals surface area contributed by atoms with Gasteiger partial charge in [0.05, 0.1) is 13.0 Å². The molecule has 1 amide bonds. The Morgan fingerprint density at radius 3 is 2.55 bits per heavy atom. The summed E-state index contributed by atoms with van der Waals surface area (Å²) in [5, 5.41) is 0. The lowest BCUT2D eigenvalue weighted by Crippen LogP contribution is -2.57. The lowest BCUT2D eigenvalue weighted by atomic mass is 9.87. The van der Waals surface area contributed by atoms with Crippen molar-refractivity contribution in [3.05, 3.63) is 0 Å². The van der Waals surface area contributed by atoms with Gasteiger partial charge in [0.25, 0.3) is 0 Å². The van der Waals surface area contributed by atoms with Crippen LogP contribution in [0.5, 0.6) is 0 Å². The van der Waals surface area contributed by atoms with Crippen molar-refractivity contribution < 1.29 is 19.1 Å². The number of nitrogens with two attached hydrogens (primary N) is 1. The summed E-state index contributed by atoms with van der Waals surface area (Å²) in [5.74, 6) is -0.318. The summed E-state index contributed by atoms with van der Waals surface area (Å²) < 4.78 is 10.3. The second-order valence-corrected chi connectivity index (χ2v) is 6.35. The molecule has 116 valence electrons. The van der Waals surface area contributed by atoms with Crippen LogP contribution < -0.4 is 5.73 Å². The highest BCUT2D eigenvalue weighted by Gasteiger charge is 2.37. The Kier molecular flexibility index (Phi) is 5.39. The summed E-state index contributed by atoms with van der Waals surface area (Å²) in [5.41, 5.74) is 4.98. The molecule has 0 aliphatic carbocycles. The van der Waals surface area contributed by atoms with E-state index in [-0.39, 0.29) is 18.5 Å². The second kappa shape index (κ2) is 6.43. The van der Waals surface area contributed by atoms with Crippen molar-refractivity contribution in [1.29, 1.82) is 0 Å². The van der Waals surface area contributed by atoms with E-state index in [2.05, 4.69) is 0 Å². The summed E-state index contributed by atoms with van der Waals surface area (Å²) >= 11 is 0. The SMILES string of the molecule is CCOC(=O)C[C@@]1(N)CCCN(C(=O)OC(C)(C)C)C1. The van der Waals surface area contributed by atoms with Gasteiger partial charge in [0.1, 0.15) is 5.60 Å². The zero-order chi connectivity index (χ0) is 15.4. The predicted molar refractivity (Wildman–Crippen MR) is 75.2 cm³/mol. The summed E-state index contributed by atoms with van der Waals surface area (Å²) in [4.78, 5) is 25.2. The lowest BCUT2D eigenvalue weighted by Gasteiger charge is -2.40. The Morgan fingerprint density at radius 2 is 2.00 bits per heavy atom. The first-order valence-corrected chi connectivity index (χ1v) is 7.08. The zero-order valence-electron chi connectivity index (χ0n) is 12.9. The van der Waals surface area contributed by atoms with Crippen LogP contribution >= 0.6 is 0 Å². The third kappa shape index (κ3) is 5.36. The van der Waals surface area contributed by atoms with E-state index in [1.807, 2.05) is 20.8 Å². The maximum Gasteiger partial charge on any atom is 0.410 e. The van der Waals surface area contributed by atoms with Crippen molar-refractivity contribution in [2.75, 3.05) is 19.7 Å². The van der Waals surface area contributed by atoms with Crippen LogP contribution in [0.15, 0.2) is 0 Å². The molecule has 20 heavy (non-hydrogen) atoms. The molecule has 2 N–H and O–H groups in total. The first-order chi connectivity index (χ1) is 9.15. The molecule has 1 aliphatic rings. The van der Waals surface area contributed by atoms with E-state index in [4.69, 9.17) is 15.2 Å². The highest BCUT2D eigenvalue weighted by atomic mass is 16.6. The Bertz CT molecular complexity index is 365. The average molecular weight is 286 g/mol. The van der Waals surface area contributed by atoms with Gasteiger partial charge in [-0.25, -0.2) is 4.79 Å². The second-order valence-electron chi connectivity index (χ2n) is 6.35. The van der Waals surface area contributed by atoms with E-state index < -0.39 is 11.1 Å². The standard InChI is InChI=1S/C14H26N2O4/c1-5-19-11(17)9-14(15)7-6-8-16(10-14)12(18)20-13(2,3)4/h5-10,15H2,1-4H3/t14-/m0/s1. The highest BCUT2D eigenvalue weighted by Crippen LogP contribution is 2.24. The fourth-order valence-corrected chi connectivity index (χ4v) is 2.29. The van der Waals surface area contributed by atoms with E-state index in [1.165, 1.54) is 0 Å². The van der Waals surface area contributed by atoms with Gasteiger partial charge in [0.15, 0.2) is 0 Å². The minimum Gasteiger partial charge on any atom is -0.466 e. The Balaban J connectivity index is 2.61. The molecule has 1 atom stereocenters. The van der Waals surface area contributed by atoms with Gasteiger partial charge >= 0.3 is 12.1 Å². The maximum absolute atomic E-state index is 12.0. The first-order valence-electron chi connectivity index (χ1n) is 7.08. The van der Waals surface area contributed by atoms with Crippen LogP contribution in [0.2, 0.25) is 0 Å². The van der Waals surface area contributed by atoms with Crippen molar-refractivity contribution >= 4 is 12.1 Å². The third-order valence-corrected chi connectivity index (χ3v) is 3.06. The van der Waals surface area contributed by atoms with Gasteiger partial charge in [-0.05, 0) is 40.5 Å². The van der Waals surface area contributed by atoms with Gasteiger partial charge in [-0.3, -0.25) is 4.79 Å². The summed E-state index contributed by atoms with van der Waals surface area (Å²) in [7, 11) is 0. The number of hydrogen-bond acceptors (Lipinski definition) is 5. The molecular formula is C14H26N2O4. The van der Waals surface area contributed by atoms with Gasteiger partial charge in [0, 0.05) is 18.6 Å². The number of piperidine rings is 1. The number of amides is 1. The van der Waals surface area contributed by atoms with E-state index in [0.29, 0.717) is 26.1 Å². The average Bonchev–Trinajstić information content (AvgIpc) is 2.26. The number of likely N-dealkylation sites (tertiary alicyclic amines) is 1. The molecule has 0 aromatic carbocycles. The van der Waals surface area contributed by atoms with Gasteiger partial charge in [-0.15, -0.1) is 0 Å². The number of nitrogens with zero attached hydrogens (tertiary/aromatic N) is 1. The molecular weight excluding hydrogens is 260 g/mol. The lowest BCUT2D eigenvalue weighted by molar-refractivity contribution is -0.145. The molecule has 0 aromatic rings. The molecule has 0 spiro atoms. The largest absolute Gasteiger partial charge is 0.466 e. The first kappa shape index (κ1) is 16.8. The van der Waals surface area contributed by atoms with E-state index >= 15 is 0 Å². The number of esters is 1. The van der Waals surface area contributed by atoms with E-state index in [9.17, 15) is 9.59 Å². The molecule has 1 rings (SSSR count). The van der Waals surface area contributed by atoms with Crippen LogP contribution in [0, 0.1) is 0 Å². The number of carbonyl (C=O) groups excluding carboxylic acids is 2. The Morgan fingerprint density at radius 1 is 1.35 bits per heavy atom. The summed E-state index contributed by atoms with van der Waals surface area (Å²) in [6.45, 7) is 8.49. The minimum absolute atomic E-state index is 0.125. The normalized spacial score (nSPS) is 23.4. The zero-order valence-corrected chi connectivity index (χ0v) is 12.9. The summed E-state index contributed by atoms with van der Waals surface area (Å²) in [6, 6.07) is 0. The smallest absolute Gasteiger partial charge is 0.410 e. The van der Waals surface area contributed by atoms with Crippen LogP contribution in [0.25, 0.3) is 0 Å². The van der Waals surface area contributed by atoms with Crippen LogP contribution in [-0.2, 0) is 14.3 Å². The molecule has 0 saturated carbocycles. The molecule has 6 nitrogen and oxygen atoms in total. The molecule has 1 fully saturated rings. The van der Waals surface area contributed by atoms with Gasteiger partial charge in [-0.2, -0.15) is 0 Å². The molecule has 0 aromatic heterocycles. The highest BCUT2D eigenvalue weighted by molar-refractivity contribution is 5.72. The maximum atomic E-state index is 12.0. The molecule has 0 radical (unpaired) electrons. The van der Waals surface area contributed by atoms with Crippen molar-refractivity contribution in [2.45, 2.75) is 58.1 Å². The van der Waals surface area contributed by atoms with E-state index in [0.717, 1.165) is 6.42 Å². The number of rotatable bonds is 3. The molecule has 0 unspecified atom stereocenters. The van der Waals surface area contributed by atoms with Gasteiger partial charge in [-0.1, -0.05) is 0 Å². The molecule has 1 saturated heterocycles. The van der Waals surface area contributed by atoms with Crippen molar-refractivity contribution in [3.8, 4) is 0 Å². The van der Waals surface area contributed by atoms with Crippen molar-refractivity contribution in [2.24, 2.45) is 5.73 Å². The minimum atomic E-state index is -0.721. The Hall–Kier alpha value is -1.30. The monoisotopic (exact) mass is 286 g/mol. The number of carbonyl (C=O) groups is 2. The number of hydrogen-bond donors (Lipinski definition) is 1. The van der Waals surface area contributed by atoms with Crippen LogP contribution in [0.1, 0.15) is 47.0 Å². The molecule has 1 aliphatic heterocycles. The van der Waals surface area contributed by atoms with Crippen LogP contribution in [-0.4, -0.2) is 47.8 Å². The van der Waals surface area contributed by atoms with Crippen LogP contribution in [0.3, 0.4) is 0 Å². The molecule has 6 heteroatoms. The van der Waals surface area contributed by atoms with Crippen molar-refractivity contribution in [1.82, 2.24) is 4.90 Å². The van der Waals surface area contributed by atoms with E-state index in [1.54, 1.807) is 11.8 Å². The van der Waals surface area contributed by atoms with Gasteiger partial charge < -0.3 is 20.1 Å². The third-order valence-electron chi connectivity index (χ3n) is 3.06. The number of ether oxygens (including phenoxy) is 2. The summed E-state index contributed by atoms with van der Waals surface area (Å²) in [6.07, 6.45) is 1.20. The quantitative estimate of drug-likeness (QED) is 0.798. The predicted octanol–water partition coefficient (Wildman–Crippen LogP) is 1.67. The van der Waals surface area contributed by atoms with Crippen LogP contribution in [0.4, 0.5) is 4.79 Å². The molecule has 0 bridgehead atoms. The fraction of sp³-hybridized carbons (Fsp3) is 0.857. The fourth-order valence-electron chi connectivity index (χ4n) is 2.29.